The second kappa shape index (κ2) is 4.99. The summed E-state index contributed by atoms with van der Waals surface area (Å²) in [7, 11) is 0. The topological polar surface area (TPSA) is 50.7 Å². The van der Waals surface area contributed by atoms with Crippen LogP contribution in [-0.4, -0.2) is 25.8 Å². The van der Waals surface area contributed by atoms with Gasteiger partial charge in [0, 0.05) is 13.1 Å². The van der Waals surface area contributed by atoms with E-state index < -0.39 is 5.82 Å². The minimum atomic E-state index is -0.532. The number of benzene rings is 1. The number of nitrogens with one attached hydrogen (secondary N) is 1. The Hall–Kier alpha value is -1.55. The third-order valence-electron chi connectivity index (χ3n) is 2.44. The average Bonchev–Trinajstić information content (AvgIpc) is 2.33. The molecule has 1 aromatic rings. The predicted octanol–water partition coefficient (Wildman–Crippen LogP) is 1.45. The molecule has 0 aromatic heterocycles. The minimum absolute atomic E-state index is 0.00233. The summed E-state index contributed by atoms with van der Waals surface area (Å²) in [4.78, 5) is 13.3. The van der Waals surface area contributed by atoms with Crippen molar-refractivity contribution in [3.8, 4) is 0 Å². The molecule has 1 heterocycles. The molecule has 0 amide bonds. The summed E-state index contributed by atoms with van der Waals surface area (Å²) >= 11 is 0. The predicted molar refractivity (Wildman–Crippen MR) is 55.7 cm³/mol. The maximum absolute atomic E-state index is 13.4. The van der Waals surface area contributed by atoms with Gasteiger partial charge in [0.1, 0.15) is 11.5 Å². The maximum Gasteiger partial charge on any atom is 0.240 e. The van der Waals surface area contributed by atoms with Crippen molar-refractivity contribution in [1.29, 1.82) is 0 Å². The summed E-state index contributed by atoms with van der Waals surface area (Å²) in [5.41, 5.74) is 0.747. The summed E-state index contributed by atoms with van der Waals surface area (Å²) in [6, 6.07) is 4.50. The number of halogens is 1. The lowest BCUT2D eigenvalue weighted by molar-refractivity contribution is 0.0275. The Balaban J connectivity index is 2.22. The lowest BCUT2D eigenvalue weighted by Crippen LogP contribution is -2.33. The van der Waals surface area contributed by atoms with Gasteiger partial charge in [-0.2, -0.15) is 4.99 Å². The zero-order valence-electron chi connectivity index (χ0n) is 8.57. The maximum atomic E-state index is 13.4. The molecule has 0 saturated carbocycles. The highest BCUT2D eigenvalue weighted by molar-refractivity contribution is 5.50. The molecule has 5 heteroatoms. The Morgan fingerprint density at radius 2 is 2.44 bits per heavy atom. The third-order valence-corrected chi connectivity index (χ3v) is 2.44. The highest BCUT2D eigenvalue weighted by Gasteiger charge is 2.16. The number of morpholine rings is 1. The smallest absolute Gasteiger partial charge is 0.240 e. The van der Waals surface area contributed by atoms with Crippen molar-refractivity contribution in [2.45, 2.75) is 6.10 Å². The van der Waals surface area contributed by atoms with E-state index in [4.69, 9.17) is 4.74 Å². The van der Waals surface area contributed by atoms with Gasteiger partial charge >= 0.3 is 0 Å². The summed E-state index contributed by atoms with van der Waals surface area (Å²) in [5, 5.41) is 3.16. The van der Waals surface area contributed by atoms with Crippen molar-refractivity contribution < 1.29 is 13.9 Å². The van der Waals surface area contributed by atoms with Crippen LogP contribution in [0.3, 0.4) is 0 Å². The van der Waals surface area contributed by atoms with Gasteiger partial charge in [0.15, 0.2) is 0 Å². The van der Waals surface area contributed by atoms with Crippen LogP contribution in [0.15, 0.2) is 23.2 Å². The lowest BCUT2D eigenvalue weighted by Gasteiger charge is -2.23. The van der Waals surface area contributed by atoms with Crippen LogP contribution >= 0.6 is 0 Å². The van der Waals surface area contributed by atoms with E-state index in [2.05, 4.69) is 10.3 Å². The van der Waals surface area contributed by atoms with Crippen LogP contribution in [0.2, 0.25) is 0 Å². The molecule has 1 atom stereocenters. The average molecular weight is 222 g/mol. The van der Waals surface area contributed by atoms with Crippen LogP contribution in [0.5, 0.6) is 0 Å². The Morgan fingerprint density at radius 1 is 1.56 bits per heavy atom. The molecule has 1 saturated heterocycles. The Kier molecular flexibility index (Phi) is 3.41. The normalized spacial score (nSPS) is 20.2. The summed E-state index contributed by atoms with van der Waals surface area (Å²) in [6.45, 7) is 2.09. The first-order valence-electron chi connectivity index (χ1n) is 5.01. The van der Waals surface area contributed by atoms with Crippen molar-refractivity contribution >= 4 is 11.8 Å². The molecule has 1 aliphatic rings. The molecule has 0 spiro atoms. The van der Waals surface area contributed by atoms with E-state index in [0.717, 1.165) is 12.1 Å². The largest absolute Gasteiger partial charge is 0.371 e. The molecule has 4 nitrogen and oxygen atoms in total. The zero-order valence-corrected chi connectivity index (χ0v) is 8.57. The number of rotatable bonds is 2. The first-order chi connectivity index (χ1) is 7.81. The second-order valence-electron chi connectivity index (χ2n) is 3.48. The van der Waals surface area contributed by atoms with Crippen LogP contribution in [-0.2, 0) is 9.53 Å². The first kappa shape index (κ1) is 11.0. The van der Waals surface area contributed by atoms with Gasteiger partial charge in [-0.1, -0.05) is 6.07 Å². The van der Waals surface area contributed by atoms with Gasteiger partial charge in [0.25, 0.3) is 0 Å². The van der Waals surface area contributed by atoms with E-state index in [1.807, 2.05) is 0 Å². The van der Waals surface area contributed by atoms with Crippen LogP contribution < -0.4 is 5.32 Å². The van der Waals surface area contributed by atoms with E-state index in [9.17, 15) is 9.18 Å². The van der Waals surface area contributed by atoms with E-state index in [0.29, 0.717) is 13.2 Å². The standard InChI is InChI=1S/C11H11FN2O2/c12-9-5-8(1-2-10(9)14-7-15)11-6-13-3-4-16-11/h1-2,5,11,13H,3-4,6H2. The SMILES string of the molecule is O=C=Nc1ccc(C2CNCCO2)cc1F. The van der Waals surface area contributed by atoms with Gasteiger partial charge < -0.3 is 10.1 Å². The highest BCUT2D eigenvalue weighted by atomic mass is 19.1. The van der Waals surface area contributed by atoms with E-state index in [-0.39, 0.29) is 11.8 Å². The van der Waals surface area contributed by atoms with Crippen molar-refractivity contribution in [3.05, 3.63) is 29.6 Å². The number of ether oxygens (including phenoxy) is 1. The molecule has 84 valence electrons. The third kappa shape index (κ3) is 2.33. The molecule has 0 radical (unpaired) electrons. The van der Waals surface area contributed by atoms with Crippen LogP contribution in [0, 0.1) is 5.82 Å². The van der Waals surface area contributed by atoms with E-state index >= 15 is 0 Å². The Morgan fingerprint density at radius 3 is 3.06 bits per heavy atom. The van der Waals surface area contributed by atoms with Gasteiger partial charge in [-0.3, -0.25) is 0 Å². The van der Waals surface area contributed by atoms with Gasteiger partial charge in [-0.15, -0.1) is 0 Å². The van der Waals surface area contributed by atoms with Gasteiger partial charge in [0.05, 0.1) is 12.7 Å². The second-order valence-corrected chi connectivity index (χ2v) is 3.48. The monoisotopic (exact) mass is 222 g/mol. The molecular weight excluding hydrogens is 211 g/mol. The Bertz CT molecular complexity index is 424. The number of nitrogens with zero attached hydrogens (tertiary/aromatic N) is 1. The molecular formula is C11H11FN2O2. The number of hydrogen-bond acceptors (Lipinski definition) is 4. The van der Waals surface area contributed by atoms with Crippen LogP contribution in [0.1, 0.15) is 11.7 Å². The van der Waals surface area contributed by atoms with E-state index in [1.165, 1.54) is 18.2 Å². The molecule has 0 bridgehead atoms. The Labute approximate surface area is 92.1 Å². The molecule has 0 aliphatic carbocycles. The number of aliphatic imine (C=N–C) groups is 1. The highest BCUT2D eigenvalue weighted by Crippen LogP contribution is 2.24. The molecule has 2 rings (SSSR count). The van der Waals surface area contributed by atoms with Crippen molar-refractivity contribution in [1.82, 2.24) is 5.32 Å². The molecule has 16 heavy (non-hydrogen) atoms. The quantitative estimate of drug-likeness (QED) is 0.608. The molecule has 1 unspecified atom stereocenters. The van der Waals surface area contributed by atoms with Crippen molar-refractivity contribution in [2.75, 3.05) is 19.7 Å². The summed E-state index contributed by atoms with van der Waals surface area (Å²) in [5.74, 6) is -0.532. The molecule has 1 fully saturated rings. The van der Waals surface area contributed by atoms with Crippen molar-refractivity contribution in [3.63, 3.8) is 0 Å². The minimum Gasteiger partial charge on any atom is -0.371 e. The van der Waals surface area contributed by atoms with Gasteiger partial charge in [0.2, 0.25) is 6.08 Å². The fourth-order valence-electron chi connectivity index (χ4n) is 1.64. The number of isocyanates is 1. The zero-order chi connectivity index (χ0) is 11.4. The number of carbonyl (C=O) groups excluding carboxylic acids is 1. The number of hydrogen-bond donors (Lipinski definition) is 1. The van der Waals surface area contributed by atoms with Crippen LogP contribution in [0.25, 0.3) is 0 Å². The fourth-order valence-corrected chi connectivity index (χ4v) is 1.64. The molecule has 1 aromatic carbocycles. The molecule has 1 aliphatic heterocycles. The van der Waals surface area contributed by atoms with Crippen LogP contribution in [0.4, 0.5) is 10.1 Å². The summed E-state index contributed by atoms with van der Waals surface area (Å²) < 4.78 is 18.9. The fraction of sp³-hybridized carbons (Fsp3) is 0.364. The van der Waals surface area contributed by atoms with Gasteiger partial charge in [-0.05, 0) is 17.7 Å². The van der Waals surface area contributed by atoms with Gasteiger partial charge in [-0.25, -0.2) is 9.18 Å². The first-order valence-corrected chi connectivity index (χ1v) is 5.01. The lowest BCUT2D eigenvalue weighted by atomic mass is 10.1. The van der Waals surface area contributed by atoms with E-state index in [1.54, 1.807) is 6.07 Å². The molecule has 1 N–H and O–H groups in total. The summed E-state index contributed by atoms with van der Waals surface area (Å²) in [6.07, 6.45) is 1.17. The van der Waals surface area contributed by atoms with Crippen molar-refractivity contribution in [2.24, 2.45) is 4.99 Å².